The van der Waals surface area contributed by atoms with Crippen LogP contribution >= 0.6 is 24.4 Å². The SMILES string of the molecule is CSCCC(NC(=O)C(CCC(N)=O)NC(=O)C(N)CS)C(=O)NC(C(=O)O)C(C)C. The fourth-order valence-corrected chi connectivity index (χ4v) is 3.10. The van der Waals surface area contributed by atoms with Crippen molar-refractivity contribution >= 4 is 54.0 Å². The summed E-state index contributed by atoms with van der Waals surface area (Å²) in [6.07, 6.45) is 1.78. The Morgan fingerprint density at radius 2 is 1.48 bits per heavy atom. The number of hydrogen-bond acceptors (Lipinski definition) is 8. The summed E-state index contributed by atoms with van der Waals surface area (Å²) in [7, 11) is 0. The molecule has 8 N–H and O–H groups in total. The minimum Gasteiger partial charge on any atom is -0.480 e. The van der Waals surface area contributed by atoms with E-state index in [-0.39, 0.29) is 30.9 Å². The van der Waals surface area contributed by atoms with E-state index in [1.807, 2.05) is 6.26 Å². The van der Waals surface area contributed by atoms with Gasteiger partial charge in [-0.3, -0.25) is 19.2 Å². The minimum absolute atomic E-state index is 0.0422. The predicted octanol–water partition coefficient (Wildman–Crippen LogP) is -1.54. The largest absolute Gasteiger partial charge is 0.480 e. The quantitative estimate of drug-likeness (QED) is 0.137. The van der Waals surface area contributed by atoms with Gasteiger partial charge in [-0.05, 0) is 30.8 Å². The number of nitrogens with two attached hydrogens (primary N) is 2. The zero-order valence-corrected chi connectivity index (χ0v) is 19.6. The number of aliphatic carboxylic acids is 1. The molecule has 13 heteroatoms. The van der Waals surface area contributed by atoms with Crippen molar-refractivity contribution < 1.29 is 29.1 Å². The Labute approximate surface area is 191 Å². The van der Waals surface area contributed by atoms with Crippen LogP contribution in [0.25, 0.3) is 0 Å². The van der Waals surface area contributed by atoms with Gasteiger partial charge in [-0.1, -0.05) is 13.8 Å². The first-order chi connectivity index (χ1) is 14.4. The molecule has 0 aliphatic rings. The summed E-state index contributed by atoms with van der Waals surface area (Å²) >= 11 is 5.38. The molecule has 4 unspecified atom stereocenters. The third-order valence-corrected chi connectivity index (χ3v) is 5.36. The van der Waals surface area contributed by atoms with Gasteiger partial charge in [-0.25, -0.2) is 4.79 Å². The molecule has 178 valence electrons. The van der Waals surface area contributed by atoms with Gasteiger partial charge in [0.2, 0.25) is 23.6 Å². The number of hydrogen-bond donors (Lipinski definition) is 7. The first-order valence-corrected chi connectivity index (χ1v) is 11.7. The molecule has 0 fully saturated rings. The van der Waals surface area contributed by atoms with Gasteiger partial charge in [0.05, 0.1) is 6.04 Å². The molecule has 11 nitrogen and oxygen atoms in total. The topological polar surface area (TPSA) is 194 Å². The molecule has 0 aliphatic carbocycles. The first kappa shape index (κ1) is 29.0. The van der Waals surface area contributed by atoms with Crippen LogP contribution in [0.2, 0.25) is 0 Å². The first-order valence-electron chi connectivity index (χ1n) is 9.72. The van der Waals surface area contributed by atoms with Crippen molar-refractivity contribution in [2.45, 2.75) is 57.3 Å². The highest BCUT2D eigenvalue weighted by atomic mass is 32.2. The molecule has 0 bridgehead atoms. The highest BCUT2D eigenvalue weighted by molar-refractivity contribution is 7.98. The van der Waals surface area contributed by atoms with Gasteiger partial charge >= 0.3 is 5.97 Å². The van der Waals surface area contributed by atoms with Crippen molar-refractivity contribution in [1.82, 2.24) is 16.0 Å². The molecule has 31 heavy (non-hydrogen) atoms. The lowest BCUT2D eigenvalue weighted by Gasteiger charge is -2.25. The number of thioether (sulfide) groups is 1. The van der Waals surface area contributed by atoms with Crippen LogP contribution < -0.4 is 27.4 Å². The second-order valence-corrected chi connectivity index (χ2v) is 8.62. The van der Waals surface area contributed by atoms with Crippen LogP contribution in [0.1, 0.15) is 33.1 Å². The van der Waals surface area contributed by atoms with Gasteiger partial charge in [0.15, 0.2) is 0 Å². The molecule has 0 aromatic carbocycles. The Bertz CT molecular complexity index is 649. The molecule has 0 saturated heterocycles. The van der Waals surface area contributed by atoms with Crippen LogP contribution in [-0.4, -0.2) is 76.6 Å². The molecule has 0 aromatic heterocycles. The summed E-state index contributed by atoms with van der Waals surface area (Å²) in [6.45, 7) is 3.29. The van der Waals surface area contributed by atoms with E-state index in [4.69, 9.17) is 11.5 Å². The molecule has 4 atom stereocenters. The summed E-state index contributed by atoms with van der Waals surface area (Å²) in [4.78, 5) is 60.1. The number of thiol groups is 1. The van der Waals surface area contributed by atoms with Gasteiger partial charge in [-0.2, -0.15) is 24.4 Å². The van der Waals surface area contributed by atoms with Crippen molar-refractivity contribution in [2.75, 3.05) is 17.8 Å². The lowest BCUT2D eigenvalue weighted by Crippen LogP contribution is -2.58. The van der Waals surface area contributed by atoms with E-state index in [9.17, 15) is 29.1 Å². The summed E-state index contributed by atoms with van der Waals surface area (Å²) in [5.41, 5.74) is 10.8. The zero-order chi connectivity index (χ0) is 24.1. The number of carboxylic acids is 1. The summed E-state index contributed by atoms with van der Waals surface area (Å²) in [5, 5.41) is 16.7. The number of amides is 4. The zero-order valence-electron chi connectivity index (χ0n) is 17.9. The fourth-order valence-electron chi connectivity index (χ4n) is 2.46. The normalized spacial score (nSPS) is 14.8. The van der Waals surface area contributed by atoms with Gasteiger partial charge < -0.3 is 32.5 Å². The van der Waals surface area contributed by atoms with E-state index >= 15 is 0 Å². The summed E-state index contributed by atoms with van der Waals surface area (Å²) < 4.78 is 0. The standard InChI is InChI=1S/C18H33N5O6S2/c1-9(2)14(18(28)29)23-17(27)12(6-7-31-3)22-16(26)11(4-5-13(20)24)21-15(25)10(19)8-30/h9-12,14,30H,4-8,19H2,1-3H3,(H2,20,24)(H,21,25)(H,22,26)(H,23,27)(H,28,29). The van der Waals surface area contributed by atoms with Gasteiger partial charge in [0.1, 0.15) is 18.1 Å². The maximum absolute atomic E-state index is 12.8. The molecule has 4 amide bonds. The molecule has 0 rings (SSSR count). The minimum atomic E-state index is -1.19. The lowest BCUT2D eigenvalue weighted by molar-refractivity contribution is -0.143. The molecule has 0 aromatic rings. The summed E-state index contributed by atoms with van der Waals surface area (Å²) in [6, 6.07) is -4.28. The molecule has 0 aliphatic heterocycles. The number of carboxylic acid groups (broad SMARTS) is 1. The third kappa shape index (κ3) is 11.3. The molecule has 0 spiro atoms. The number of rotatable bonds is 15. The number of nitrogens with one attached hydrogen (secondary N) is 3. The Balaban J connectivity index is 5.45. The van der Waals surface area contributed by atoms with Crippen molar-refractivity contribution in [2.24, 2.45) is 17.4 Å². The van der Waals surface area contributed by atoms with E-state index < -0.39 is 53.8 Å². The second kappa shape index (κ2) is 14.9. The Hall–Kier alpha value is -1.99. The molecule has 0 heterocycles. The molecule has 0 radical (unpaired) electrons. The molecular formula is C18H33N5O6S2. The Kier molecular flexibility index (Phi) is 14.0. The molecular weight excluding hydrogens is 446 g/mol. The number of carbonyl (C=O) groups excluding carboxylic acids is 4. The average molecular weight is 480 g/mol. The highest BCUT2D eigenvalue weighted by Gasteiger charge is 2.31. The maximum atomic E-state index is 12.8. The van der Waals surface area contributed by atoms with Crippen LogP contribution in [0.5, 0.6) is 0 Å². The third-order valence-electron chi connectivity index (χ3n) is 4.32. The van der Waals surface area contributed by atoms with Crippen LogP contribution in [0.3, 0.4) is 0 Å². The van der Waals surface area contributed by atoms with Crippen molar-refractivity contribution in [3.8, 4) is 0 Å². The second-order valence-electron chi connectivity index (χ2n) is 7.27. The Morgan fingerprint density at radius 3 is 1.94 bits per heavy atom. The lowest BCUT2D eigenvalue weighted by atomic mass is 10.0. The van der Waals surface area contributed by atoms with Crippen LogP contribution in [0.15, 0.2) is 0 Å². The average Bonchev–Trinajstić information content (AvgIpc) is 2.70. The van der Waals surface area contributed by atoms with E-state index in [1.54, 1.807) is 13.8 Å². The Morgan fingerprint density at radius 1 is 0.968 bits per heavy atom. The van der Waals surface area contributed by atoms with Gasteiger partial charge in [-0.15, -0.1) is 0 Å². The van der Waals surface area contributed by atoms with Crippen LogP contribution in [0.4, 0.5) is 0 Å². The van der Waals surface area contributed by atoms with Crippen molar-refractivity contribution in [1.29, 1.82) is 0 Å². The van der Waals surface area contributed by atoms with E-state index in [0.29, 0.717) is 5.75 Å². The van der Waals surface area contributed by atoms with E-state index in [2.05, 4.69) is 28.6 Å². The summed E-state index contributed by atoms with van der Waals surface area (Å²) in [5.74, 6) is -3.68. The predicted molar refractivity (Wildman–Crippen MR) is 122 cm³/mol. The van der Waals surface area contributed by atoms with Gasteiger partial charge in [0.25, 0.3) is 0 Å². The highest BCUT2D eigenvalue weighted by Crippen LogP contribution is 2.07. The smallest absolute Gasteiger partial charge is 0.326 e. The maximum Gasteiger partial charge on any atom is 0.326 e. The fraction of sp³-hybridized carbons (Fsp3) is 0.722. The van der Waals surface area contributed by atoms with Crippen LogP contribution in [-0.2, 0) is 24.0 Å². The van der Waals surface area contributed by atoms with Crippen LogP contribution in [0, 0.1) is 5.92 Å². The van der Waals surface area contributed by atoms with Gasteiger partial charge in [0, 0.05) is 12.2 Å². The number of primary amides is 1. The monoisotopic (exact) mass is 479 g/mol. The van der Waals surface area contributed by atoms with E-state index in [1.165, 1.54) is 11.8 Å². The number of carbonyl (C=O) groups is 5. The van der Waals surface area contributed by atoms with Crippen molar-refractivity contribution in [3.63, 3.8) is 0 Å². The molecule has 0 saturated carbocycles. The van der Waals surface area contributed by atoms with E-state index in [0.717, 1.165) is 0 Å². The van der Waals surface area contributed by atoms with Crippen molar-refractivity contribution in [3.05, 3.63) is 0 Å².